The molecule has 1 aromatic carbocycles. The van der Waals surface area contributed by atoms with Crippen LogP contribution in [-0.2, 0) is 0 Å². The van der Waals surface area contributed by atoms with Gasteiger partial charge in [-0.1, -0.05) is 25.1 Å². The molecule has 0 spiro atoms. The predicted molar refractivity (Wildman–Crippen MR) is 42.3 cm³/mol. The van der Waals surface area contributed by atoms with Crippen LogP contribution in [0.4, 0.5) is 0 Å². The van der Waals surface area contributed by atoms with E-state index in [1.165, 1.54) is 4.90 Å². The van der Waals surface area contributed by atoms with E-state index in [2.05, 4.69) is 17.9 Å². The molecule has 1 rings (SSSR count). The van der Waals surface area contributed by atoms with Crippen molar-refractivity contribution in [2.45, 2.75) is 11.8 Å². The van der Waals surface area contributed by atoms with Gasteiger partial charge >= 0.3 is 0 Å². The molecule has 69 valence electrons. The third-order valence-corrected chi connectivity index (χ3v) is 1.78. The normalized spacial score (nSPS) is 7.08. The molecule has 0 N–H and O–H groups in total. The van der Waals surface area contributed by atoms with Crippen molar-refractivity contribution < 1.29 is 88.3 Å². The molecule has 0 saturated heterocycles. The molecule has 4 heteroatoms. The first-order valence-electron chi connectivity index (χ1n) is 2.93. The van der Waals surface area contributed by atoms with Gasteiger partial charge < -0.3 is 48.0 Å². The maximum Gasteiger partial charge on any atom is 0.0186 e. The Bertz CT molecular complexity index is 170. The number of rotatable bonds is 2. The number of hydrogen-bond donors (Lipinski definition) is 0. The molecule has 1 radical (unpaired) electrons. The molecule has 0 saturated carbocycles. The van der Waals surface area contributed by atoms with Gasteiger partial charge in [0, 0.05) is 51.0 Å². The summed E-state index contributed by atoms with van der Waals surface area (Å²) in [5.74, 6) is 2.08. The quantitative estimate of drug-likeness (QED) is 0.284. The van der Waals surface area contributed by atoms with Crippen molar-refractivity contribution in [2.24, 2.45) is 0 Å². The van der Waals surface area contributed by atoms with Crippen LogP contribution in [0, 0.1) is 46.1 Å². The molecule has 0 atom stereocenters. The number of hydrogen-bond acceptors (Lipinski definition) is 1. The van der Waals surface area contributed by atoms with Crippen LogP contribution in [-0.4, -0.2) is 0 Å². The fraction of sp³-hybridized carbons (Fsp3) is 0.125. The van der Waals surface area contributed by atoms with E-state index in [9.17, 15) is 0 Å². The minimum absolute atomic E-state index is 0. The molecule has 12 heavy (non-hydrogen) atoms. The second kappa shape index (κ2) is 13.4. The van der Waals surface area contributed by atoms with Crippen molar-refractivity contribution in [3.05, 3.63) is 36.1 Å². The third-order valence-electron chi connectivity index (χ3n) is 0.997. The summed E-state index contributed by atoms with van der Waals surface area (Å²) in [5.41, 5.74) is 0. The van der Waals surface area contributed by atoms with Gasteiger partial charge in [0.25, 0.3) is 0 Å². The zero-order valence-corrected chi connectivity index (χ0v) is 14.3. The Hall–Kier alpha value is 2.37. The summed E-state index contributed by atoms with van der Waals surface area (Å²) in [7, 11) is 0. The molecule has 0 aliphatic heterocycles. The van der Waals surface area contributed by atoms with Crippen LogP contribution in [0.3, 0.4) is 0 Å². The topological polar surface area (TPSA) is 0 Å². The van der Waals surface area contributed by atoms with E-state index in [4.69, 9.17) is 0 Å². The summed E-state index contributed by atoms with van der Waals surface area (Å²) in [6.07, 6.45) is 0. The Balaban J connectivity index is -0.000000270. The maximum atomic E-state index is 2.10. The summed E-state index contributed by atoms with van der Waals surface area (Å²) in [4.78, 5) is 1.31. The summed E-state index contributed by atoms with van der Waals surface area (Å²) >= 11 is 1.75. The Morgan fingerprint density at radius 1 is 1.08 bits per heavy atom. The van der Waals surface area contributed by atoms with Crippen molar-refractivity contribution in [3.63, 3.8) is 0 Å². The average Bonchev–Trinajstić information content (AvgIpc) is 1.91. The van der Waals surface area contributed by atoms with Crippen LogP contribution < -0.4 is 48.0 Å². The summed E-state index contributed by atoms with van der Waals surface area (Å²) in [5, 5.41) is 0. The Morgan fingerprint density at radius 2 is 1.58 bits per heavy atom. The zero-order chi connectivity index (χ0) is 6.53. The first-order valence-corrected chi connectivity index (χ1v) is 3.81. The smallest absolute Gasteiger partial charge is 0.0186 e. The molecular formula is C8H9I2SSm-2. The van der Waals surface area contributed by atoms with E-state index in [0.717, 1.165) is 0 Å². The predicted octanol–water partition coefficient (Wildman–Crippen LogP) is -3.03. The monoisotopic (exact) mass is 543 g/mol. The molecule has 0 bridgehead atoms. The molecule has 0 aliphatic rings. The minimum Gasteiger partial charge on any atom is -1.00 e. The molecule has 0 amide bonds. The van der Waals surface area contributed by atoms with Crippen molar-refractivity contribution in [3.8, 4) is 0 Å². The second-order valence-electron chi connectivity index (χ2n) is 1.67. The molecule has 0 nitrogen and oxygen atoms in total. The maximum absolute atomic E-state index is 2.10. The van der Waals surface area contributed by atoms with E-state index in [1.807, 2.05) is 25.1 Å². The molecule has 0 fully saturated rings. The molecule has 0 aromatic heterocycles. The van der Waals surface area contributed by atoms with Crippen molar-refractivity contribution in [2.75, 3.05) is 0 Å². The van der Waals surface area contributed by atoms with Crippen LogP contribution >= 0.6 is 11.8 Å². The van der Waals surface area contributed by atoms with Crippen LogP contribution in [0.25, 0.3) is 0 Å². The van der Waals surface area contributed by atoms with Gasteiger partial charge in [0.15, 0.2) is 0 Å². The van der Waals surface area contributed by atoms with Gasteiger partial charge in [-0.25, -0.2) is 0 Å². The van der Waals surface area contributed by atoms with E-state index < -0.39 is 0 Å². The third kappa shape index (κ3) is 8.94. The molecule has 1 aromatic rings. The number of thioether (sulfide) groups is 1. The SMILES string of the molecule is C[CH]Sc1ccccc1.[I-].[I-].[Sm]. The largest absolute Gasteiger partial charge is 1.00 e. The van der Waals surface area contributed by atoms with E-state index in [-0.39, 0.29) is 88.3 Å². The molecular weight excluding hydrogens is 532 g/mol. The van der Waals surface area contributed by atoms with E-state index in [1.54, 1.807) is 11.8 Å². The average molecular weight is 541 g/mol. The van der Waals surface area contributed by atoms with E-state index >= 15 is 0 Å². The van der Waals surface area contributed by atoms with Crippen molar-refractivity contribution in [1.82, 2.24) is 0 Å². The number of halogens is 2. The van der Waals surface area contributed by atoms with Gasteiger partial charge in [0.2, 0.25) is 0 Å². The first kappa shape index (κ1) is 19.9. The Morgan fingerprint density at radius 3 is 2.00 bits per heavy atom. The fourth-order valence-corrected chi connectivity index (χ4v) is 1.22. The summed E-state index contributed by atoms with van der Waals surface area (Å²) in [6, 6.07) is 10.3. The fourth-order valence-electron chi connectivity index (χ4n) is 0.635. The van der Waals surface area contributed by atoms with Crippen LogP contribution in [0.2, 0.25) is 0 Å². The van der Waals surface area contributed by atoms with Gasteiger partial charge in [-0.2, -0.15) is 0 Å². The summed E-state index contributed by atoms with van der Waals surface area (Å²) < 4.78 is 0. The van der Waals surface area contributed by atoms with Crippen molar-refractivity contribution >= 4 is 11.8 Å². The van der Waals surface area contributed by atoms with Gasteiger partial charge in [-0.05, 0) is 12.1 Å². The number of benzene rings is 1. The van der Waals surface area contributed by atoms with Crippen LogP contribution in [0.15, 0.2) is 35.2 Å². The molecule has 0 heterocycles. The summed E-state index contributed by atoms with van der Waals surface area (Å²) in [6.45, 7) is 2.04. The van der Waals surface area contributed by atoms with Gasteiger partial charge in [0.1, 0.15) is 0 Å². The van der Waals surface area contributed by atoms with E-state index in [0.29, 0.717) is 0 Å². The van der Waals surface area contributed by atoms with Gasteiger partial charge in [0.05, 0.1) is 0 Å². The first-order chi connectivity index (χ1) is 4.43. The Labute approximate surface area is 145 Å². The van der Waals surface area contributed by atoms with Crippen molar-refractivity contribution in [1.29, 1.82) is 0 Å². The van der Waals surface area contributed by atoms with Gasteiger partial charge in [-0.3, -0.25) is 0 Å². The standard InChI is InChI=1S/C8H9S.2HI.Sm/c1-2-9-8-6-4-3-5-7-8;;;/h2-7H,1H3;2*1H;/p-2. The van der Waals surface area contributed by atoms with Crippen LogP contribution in [0.1, 0.15) is 6.92 Å². The van der Waals surface area contributed by atoms with Gasteiger partial charge in [-0.15, -0.1) is 11.8 Å². The zero-order valence-electron chi connectivity index (χ0n) is 6.54. The second-order valence-corrected chi connectivity index (χ2v) is 2.85. The minimum atomic E-state index is 0. The van der Waals surface area contributed by atoms with Crippen LogP contribution in [0.5, 0.6) is 0 Å². The molecule has 0 unspecified atom stereocenters. The Kier molecular flexibility index (Phi) is 22.1. The molecule has 0 aliphatic carbocycles.